The molecule has 0 radical (unpaired) electrons. The lowest BCUT2D eigenvalue weighted by molar-refractivity contribution is -0.121. The van der Waals surface area contributed by atoms with Gasteiger partial charge in [-0.3, -0.25) is 24.0 Å². The molecule has 1 saturated carbocycles. The molecule has 19 heteroatoms. The Hall–Kier alpha value is -6.50. The average Bonchev–Trinajstić information content (AvgIpc) is 3.97. The van der Waals surface area contributed by atoms with E-state index in [4.69, 9.17) is 4.74 Å². The summed E-state index contributed by atoms with van der Waals surface area (Å²) < 4.78 is 31.2. The third-order valence-electron chi connectivity index (χ3n) is 12.8. The van der Waals surface area contributed by atoms with Crippen molar-refractivity contribution in [1.29, 1.82) is 0 Å². The quantitative estimate of drug-likeness (QED) is 0.0553. The van der Waals surface area contributed by atoms with Gasteiger partial charge in [-0.05, 0) is 113 Å². The minimum absolute atomic E-state index is 0.0887. The minimum Gasteiger partial charge on any atom is -0.444 e. The summed E-state index contributed by atoms with van der Waals surface area (Å²) in [5.74, 6) is -0.210. The largest absolute Gasteiger partial charge is 0.444 e. The maximum atomic E-state index is 13.5. The number of nitrogens with one attached hydrogen (secondary N) is 5. The number of anilines is 1. The molecule has 18 nitrogen and oxygen atoms in total. The van der Waals surface area contributed by atoms with Gasteiger partial charge < -0.3 is 50.1 Å². The number of hydrogen-bond donors (Lipinski definition) is 5. The molecule has 4 aromatic rings. The number of alkyl carbamates (subject to hydrolysis) is 1. The van der Waals surface area contributed by atoms with Gasteiger partial charge in [0.05, 0.1) is 11.8 Å². The zero-order valence-electron chi connectivity index (χ0n) is 41.4. The Morgan fingerprint density at radius 3 is 2.33 bits per heavy atom. The molecule has 2 aliphatic heterocycles. The highest BCUT2D eigenvalue weighted by Crippen LogP contribution is 2.44. The van der Waals surface area contributed by atoms with E-state index in [0.717, 1.165) is 103 Å². The number of rotatable bonds is 21. The van der Waals surface area contributed by atoms with Crippen molar-refractivity contribution in [3.63, 3.8) is 0 Å². The van der Waals surface area contributed by atoms with Crippen LogP contribution in [0.2, 0.25) is 0 Å². The number of carbonyl (C=O) groups is 6. The zero-order chi connectivity index (χ0) is 50.9. The Balaban J connectivity index is 0.000000250. The molecule has 1 unspecified atom stereocenters. The molecular formula is C51H68N8O10S. The number of sulfone groups is 1. The number of aromatic nitrogens is 2. The summed E-state index contributed by atoms with van der Waals surface area (Å²) in [5.41, 5.74) is 7.42. The van der Waals surface area contributed by atoms with E-state index < -0.39 is 27.6 Å². The van der Waals surface area contributed by atoms with Gasteiger partial charge in [-0.25, -0.2) is 13.2 Å². The van der Waals surface area contributed by atoms with Crippen molar-refractivity contribution in [3.05, 3.63) is 86.0 Å². The van der Waals surface area contributed by atoms with E-state index in [9.17, 15) is 42.0 Å². The molecule has 1 fully saturated rings. The lowest BCUT2D eigenvalue weighted by Crippen LogP contribution is -2.38. The summed E-state index contributed by atoms with van der Waals surface area (Å²) in [4.78, 5) is 91.7. The Labute approximate surface area is 409 Å². The molecule has 0 saturated heterocycles. The van der Waals surface area contributed by atoms with Gasteiger partial charge in [0.25, 0.3) is 17.4 Å². The Morgan fingerprint density at radius 2 is 1.66 bits per heavy atom. The van der Waals surface area contributed by atoms with Crippen LogP contribution in [0.15, 0.2) is 41.3 Å². The molecule has 2 aromatic heterocycles. The van der Waals surface area contributed by atoms with E-state index in [2.05, 4.69) is 31.2 Å². The predicted molar refractivity (Wildman–Crippen MR) is 268 cm³/mol. The zero-order valence-corrected chi connectivity index (χ0v) is 42.2. The summed E-state index contributed by atoms with van der Waals surface area (Å²) in [6.07, 6.45) is 11.7. The second-order valence-electron chi connectivity index (χ2n) is 19.6. The van der Waals surface area contributed by atoms with Crippen LogP contribution in [0.4, 0.5) is 10.5 Å². The second kappa shape index (κ2) is 22.9. The van der Waals surface area contributed by atoms with Gasteiger partial charge in [-0.2, -0.15) is 0 Å². The monoisotopic (exact) mass is 984 g/mol. The van der Waals surface area contributed by atoms with Gasteiger partial charge in [-0.1, -0.05) is 25.0 Å². The third kappa shape index (κ3) is 13.4. The van der Waals surface area contributed by atoms with E-state index in [-0.39, 0.29) is 48.5 Å². The molecule has 0 bridgehead atoms. The topological polar surface area (TPSA) is 238 Å². The summed E-state index contributed by atoms with van der Waals surface area (Å²) in [7, 11) is -0.0585. The molecule has 1 aliphatic carbocycles. The maximum absolute atomic E-state index is 13.5. The van der Waals surface area contributed by atoms with Gasteiger partial charge in [0.15, 0.2) is 9.84 Å². The van der Waals surface area contributed by atoms with Gasteiger partial charge in [-0.15, -0.1) is 0 Å². The summed E-state index contributed by atoms with van der Waals surface area (Å²) in [6, 6.07) is 9.12. The molecule has 378 valence electrons. The summed E-state index contributed by atoms with van der Waals surface area (Å²) >= 11 is 0. The first-order chi connectivity index (χ1) is 33.2. The van der Waals surface area contributed by atoms with Crippen molar-refractivity contribution in [3.8, 4) is 11.1 Å². The number of benzene rings is 2. The standard InChI is InChI=1S/C30H39N5O6S.C21H29N3O4/c1-17-11-23-20(12-19(17)16-42(6,39)40)21-14-34(5)28(37)26-24(21)22(15-35(23)13-18-7-8-18)25(33-26)27(36)31-9-10-32-29(38)41-30(2,3)4;1-22-20(27)11-10-17(14-25)24-13-19-16(8-6-9-18(19)21(24)28)7-4-2-3-5-12-23-15-26/h11-12,14,18,33H,7-10,13,15-16H2,1-6H3,(H,31,36)(H,32,38);6,8-9,14-15,17H,2-5,7,10-13H2,1H3,(H,22,27)(H,23,26). The molecule has 2 aromatic carbocycles. The fourth-order valence-electron chi connectivity index (χ4n) is 9.07. The molecular weight excluding hydrogens is 917 g/mol. The number of aryl methyl sites for hydroxylation is 3. The van der Waals surface area contributed by atoms with E-state index in [0.29, 0.717) is 59.7 Å². The van der Waals surface area contributed by atoms with Crippen LogP contribution in [0.5, 0.6) is 0 Å². The van der Waals surface area contributed by atoms with E-state index in [1.54, 1.807) is 46.0 Å². The Bertz CT molecular complexity index is 2790. The fraction of sp³-hybridized carbons (Fsp3) is 0.510. The number of unbranched alkanes of at least 4 members (excludes halogenated alkanes) is 3. The molecule has 5 amide bonds. The molecule has 5 N–H and O–H groups in total. The first kappa shape index (κ1) is 52.9. The van der Waals surface area contributed by atoms with Crippen LogP contribution in [-0.4, -0.2) is 111 Å². The predicted octanol–water partition coefficient (Wildman–Crippen LogP) is 4.96. The molecule has 0 spiro atoms. The van der Waals surface area contributed by atoms with E-state index in [1.165, 1.54) is 10.8 Å². The van der Waals surface area contributed by atoms with Crippen LogP contribution in [-0.2, 0) is 61.3 Å². The Kier molecular flexibility index (Phi) is 17.3. The highest BCUT2D eigenvalue weighted by atomic mass is 32.2. The van der Waals surface area contributed by atoms with Crippen molar-refractivity contribution in [1.82, 2.24) is 35.7 Å². The number of aldehydes is 1. The van der Waals surface area contributed by atoms with Gasteiger partial charge in [0.2, 0.25) is 12.3 Å². The number of fused-ring (bicyclic) bond motifs is 3. The number of H-pyrrole nitrogens is 1. The molecule has 4 heterocycles. The number of hydrogen-bond acceptors (Lipinski definition) is 11. The average molecular weight is 985 g/mol. The maximum Gasteiger partial charge on any atom is 0.407 e. The first-order valence-electron chi connectivity index (χ1n) is 24.0. The van der Waals surface area contributed by atoms with Crippen LogP contribution >= 0.6 is 0 Å². The van der Waals surface area contributed by atoms with Gasteiger partial charge in [0.1, 0.15) is 23.1 Å². The van der Waals surface area contributed by atoms with Crippen molar-refractivity contribution in [2.45, 2.75) is 116 Å². The third-order valence-corrected chi connectivity index (χ3v) is 13.6. The summed E-state index contributed by atoms with van der Waals surface area (Å²) in [6.45, 7) is 9.90. The minimum atomic E-state index is -3.28. The van der Waals surface area contributed by atoms with Gasteiger partial charge >= 0.3 is 6.09 Å². The van der Waals surface area contributed by atoms with E-state index >= 15 is 0 Å². The highest BCUT2D eigenvalue weighted by Gasteiger charge is 2.35. The first-order valence-corrected chi connectivity index (χ1v) is 26.1. The number of aromatic amines is 1. The molecule has 1 atom stereocenters. The number of nitrogens with zero attached hydrogens (tertiary/aromatic N) is 3. The van der Waals surface area contributed by atoms with Crippen LogP contribution in [0.1, 0.15) is 121 Å². The number of ether oxygens (including phenoxy) is 1. The molecule has 70 heavy (non-hydrogen) atoms. The lowest BCUT2D eigenvalue weighted by atomic mass is 9.96. The lowest BCUT2D eigenvalue weighted by Gasteiger charge is -2.27. The van der Waals surface area contributed by atoms with Crippen molar-refractivity contribution in [2.75, 3.05) is 44.4 Å². The Morgan fingerprint density at radius 1 is 0.929 bits per heavy atom. The number of amides is 5. The number of carbonyl (C=O) groups excluding carboxylic acids is 6. The SMILES string of the molecule is CNC(=O)CCC(C=O)N1Cc2c(CCCCCCNC=O)cccc2C1=O.Cc1cc2c(cc1CS(C)(=O)=O)-c1cn(C)c(=O)c3[nH]c(C(=O)NCCNC(=O)OC(C)(C)C)c(c13)CN2CC1CC1. The van der Waals surface area contributed by atoms with Crippen LogP contribution in [0.3, 0.4) is 0 Å². The van der Waals surface area contributed by atoms with Crippen LogP contribution in [0.25, 0.3) is 22.0 Å². The number of pyridine rings is 1. The van der Waals surface area contributed by atoms with Crippen molar-refractivity contribution < 1.29 is 41.9 Å². The van der Waals surface area contributed by atoms with Crippen LogP contribution < -0.4 is 31.7 Å². The van der Waals surface area contributed by atoms with E-state index in [1.807, 2.05) is 37.3 Å². The van der Waals surface area contributed by atoms with Gasteiger partial charge in [0, 0.05) is 106 Å². The fourth-order valence-corrected chi connectivity index (χ4v) is 9.95. The van der Waals surface area contributed by atoms with Crippen molar-refractivity contribution in [2.24, 2.45) is 13.0 Å². The normalized spacial score (nSPS) is 14.4. The van der Waals surface area contributed by atoms with Crippen LogP contribution in [0, 0.1) is 12.8 Å². The molecule has 3 aliphatic rings. The summed E-state index contributed by atoms with van der Waals surface area (Å²) in [5, 5.41) is 11.3. The smallest absolute Gasteiger partial charge is 0.407 e. The van der Waals surface area contributed by atoms with Crippen molar-refractivity contribution >= 4 is 62.9 Å². The highest BCUT2D eigenvalue weighted by molar-refractivity contribution is 7.89. The second-order valence-corrected chi connectivity index (χ2v) is 21.7. The molecule has 7 rings (SSSR count).